The van der Waals surface area contributed by atoms with Crippen molar-refractivity contribution in [1.29, 1.82) is 0 Å². The van der Waals surface area contributed by atoms with Gasteiger partial charge in [0.1, 0.15) is 5.75 Å². The van der Waals surface area contributed by atoms with Crippen molar-refractivity contribution in [1.82, 2.24) is 0 Å². The molecule has 1 heterocycles. The van der Waals surface area contributed by atoms with Crippen molar-refractivity contribution in [3.05, 3.63) is 24.3 Å². The Morgan fingerprint density at radius 1 is 1.31 bits per heavy atom. The van der Waals surface area contributed by atoms with E-state index in [9.17, 15) is 10.2 Å². The molecule has 0 spiro atoms. The Kier molecular flexibility index (Phi) is 2.10. The second kappa shape index (κ2) is 3.26. The average molecular weight is 179 g/mol. The van der Waals surface area contributed by atoms with Crippen LogP contribution in [0.4, 0.5) is 5.69 Å². The van der Waals surface area contributed by atoms with E-state index in [0.717, 1.165) is 18.7 Å². The summed E-state index contributed by atoms with van der Waals surface area (Å²) in [7, 11) is 0. The summed E-state index contributed by atoms with van der Waals surface area (Å²) in [6.45, 7) is 1.44. The number of aromatic hydroxyl groups is 1. The van der Waals surface area contributed by atoms with Crippen LogP contribution >= 0.6 is 0 Å². The van der Waals surface area contributed by atoms with E-state index in [1.54, 1.807) is 12.1 Å². The molecule has 2 N–H and O–H groups in total. The maximum atomic E-state index is 9.53. The third kappa shape index (κ3) is 1.60. The van der Waals surface area contributed by atoms with Gasteiger partial charge in [-0.2, -0.15) is 0 Å². The number of aliphatic hydroxyl groups excluding tert-OH is 1. The highest BCUT2D eigenvalue weighted by Gasteiger charge is 2.21. The van der Waals surface area contributed by atoms with Gasteiger partial charge < -0.3 is 15.1 Å². The Labute approximate surface area is 77.2 Å². The van der Waals surface area contributed by atoms with Crippen LogP contribution < -0.4 is 4.90 Å². The summed E-state index contributed by atoms with van der Waals surface area (Å²) in [6.07, 6.45) is 0.536. The summed E-state index contributed by atoms with van der Waals surface area (Å²) in [6, 6.07) is 7.22. The molecule has 1 aromatic carbocycles. The molecule has 1 aliphatic rings. The number of aliphatic hydroxyl groups is 1. The smallest absolute Gasteiger partial charge is 0.138 e. The first kappa shape index (κ1) is 8.38. The highest BCUT2D eigenvalue weighted by Crippen LogP contribution is 2.29. The van der Waals surface area contributed by atoms with Crippen LogP contribution in [0.15, 0.2) is 24.3 Å². The summed E-state index contributed by atoms with van der Waals surface area (Å²) in [5, 5.41) is 18.9. The molecule has 3 heteroatoms. The first-order valence-electron chi connectivity index (χ1n) is 4.48. The minimum Gasteiger partial charge on any atom is -0.506 e. The van der Waals surface area contributed by atoms with Gasteiger partial charge in [-0.1, -0.05) is 12.1 Å². The van der Waals surface area contributed by atoms with Crippen LogP contribution in [0.3, 0.4) is 0 Å². The summed E-state index contributed by atoms with van der Waals surface area (Å²) in [5.41, 5.74) is 0.819. The van der Waals surface area contributed by atoms with E-state index < -0.39 is 0 Å². The van der Waals surface area contributed by atoms with Gasteiger partial charge in [-0.25, -0.2) is 0 Å². The summed E-state index contributed by atoms with van der Waals surface area (Å²) < 4.78 is 0. The Morgan fingerprint density at radius 3 is 2.69 bits per heavy atom. The lowest BCUT2D eigenvalue weighted by Gasteiger charge is -2.18. The van der Waals surface area contributed by atoms with E-state index in [1.807, 2.05) is 17.0 Å². The lowest BCUT2D eigenvalue weighted by molar-refractivity contribution is 0.198. The van der Waals surface area contributed by atoms with Crippen LogP contribution in [0.2, 0.25) is 0 Å². The van der Waals surface area contributed by atoms with Crippen molar-refractivity contribution in [3.8, 4) is 5.75 Å². The molecule has 0 aromatic heterocycles. The fourth-order valence-corrected chi connectivity index (χ4v) is 1.69. The molecule has 0 radical (unpaired) electrons. The zero-order valence-electron chi connectivity index (χ0n) is 7.35. The first-order valence-corrected chi connectivity index (χ1v) is 4.48. The largest absolute Gasteiger partial charge is 0.506 e. The van der Waals surface area contributed by atoms with Gasteiger partial charge >= 0.3 is 0 Å². The van der Waals surface area contributed by atoms with Crippen molar-refractivity contribution >= 4 is 5.69 Å². The number of hydrogen-bond donors (Lipinski definition) is 2. The Bertz CT molecular complexity index is 301. The molecule has 2 rings (SSSR count). The number of phenolic OH excluding ortho intramolecular Hbond substituents is 1. The number of β-amino-alcohol motifs (C(OH)–C–C–N with tert-alkyl or cyclic N) is 1. The Balaban J connectivity index is 2.21. The minimum absolute atomic E-state index is 0.250. The topological polar surface area (TPSA) is 43.7 Å². The van der Waals surface area contributed by atoms with Crippen molar-refractivity contribution < 1.29 is 10.2 Å². The van der Waals surface area contributed by atoms with E-state index in [4.69, 9.17) is 0 Å². The van der Waals surface area contributed by atoms with Crippen LogP contribution in [-0.2, 0) is 0 Å². The van der Waals surface area contributed by atoms with Crippen LogP contribution in [0, 0.1) is 0 Å². The molecule has 0 amide bonds. The van der Waals surface area contributed by atoms with Crippen molar-refractivity contribution in [2.75, 3.05) is 18.0 Å². The molecule has 0 bridgehead atoms. The number of para-hydroxylation sites is 2. The van der Waals surface area contributed by atoms with Gasteiger partial charge in [-0.3, -0.25) is 0 Å². The van der Waals surface area contributed by atoms with Gasteiger partial charge in [0.25, 0.3) is 0 Å². The summed E-state index contributed by atoms with van der Waals surface area (Å²) >= 11 is 0. The van der Waals surface area contributed by atoms with E-state index >= 15 is 0 Å². The molecular formula is C10H13NO2. The second-order valence-electron chi connectivity index (χ2n) is 3.38. The fourth-order valence-electron chi connectivity index (χ4n) is 1.69. The van der Waals surface area contributed by atoms with Gasteiger partial charge in [0.05, 0.1) is 11.8 Å². The number of phenols is 1. The predicted octanol–water partition coefficient (Wildman–Crippen LogP) is 0.963. The second-order valence-corrected chi connectivity index (χ2v) is 3.38. The summed E-state index contributed by atoms with van der Waals surface area (Å²) in [4.78, 5) is 2.00. The molecule has 1 atom stereocenters. The highest BCUT2D eigenvalue weighted by molar-refractivity contribution is 5.58. The maximum Gasteiger partial charge on any atom is 0.138 e. The Morgan fingerprint density at radius 2 is 2.08 bits per heavy atom. The van der Waals surface area contributed by atoms with Crippen LogP contribution in [0.1, 0.15) is 6.42 Å². The fraction of sp³-hybridized carbons (Fsp3) is 0.400. The molecule has 1 saturated heterocycles. The van der Waals surface area contributed by atoms with Crippen LogP contribution in [-0.4, -0.2) is 29.4 Å². The van der Waals surface area contributed by atoms with Crippen molar-refractivity contribution in [3.63, 3.8) is 0 Å². The molecule has 1 fully saturated rings. The minimum atomic E-state index is -0.250. The number of anilines is 1. The third-order valence-corrected chi connectivity index (χ3v) is 2.39. The number of hydrogen-bond acceptors (Lipinski definition) is 3. The zero-order valence-corrected chi connectivity index (χ0v) is 7.35. The van der Waals surface area contributed by atoms with Crippen LogP contribution in [0.5, 0.6) is 5.75 Å². The standard InChI is InChI=1S/C10H13NO2/c12-8-5-6-11(7-8)9-3-1-2-4-10(9)13/h1-4,8,12-13H,5-7H2. The van der Waals surface area contributed by atoms with Crippen molar-refractivity contribution in [2.45, 2.75) is 12.5 Å². The first-order chi connectivity index (χ1) is 6.27. The zero-order chi connectivity index (χ0) is 9.26. The normalized spacial score (nSPS) is 22.2. The Hall–Kier alpha value is -1.22. The third-order valence-electron chi connectivity index (χ3n) is 2.39. The van der Waals surface area contributed by atoms with Crippen molar-refractivity contribution in [2.24, 2.45) is 0 Å². The molecular weight excluding hydrogens is 166 g/mol. The number of benzene rings is 1. The van der Waals surface area contributed by atoms with Gasteiger partial charge in [0, 0.05) is 13.1 Å². The van der Waals surface area contributed by atoms with E-state index in [-0.39, 0.29) is 11.9 Å². The number of rotatable bonds is 1. The summed E-state index contributed by atoms with van der Waals surface area (Å²) in [5.74, 6) is 0.289. The van der Waals surface area contributed by atoms with Gasteiger partial charge in [-0.15, -0.1) is 0 Å². The van der Waals surface area contributed by atoms with E-state index in [1.165, 1.54) is 0 Å². The molecule has 70 valence electrons. The molecule has 0 aliphatic carbocycles. The van der Waals surface area contributed by atoms with Gasteiger partial charge in [-0.05, 0) is 18.6 Å². The SMILES string of the molecule is Oc1ccccc1N1CCC(O)C1. The van der Waals surface area contributed by atoms with Gasteiger partial charge in [0.15, 0.2) is 0 Å². The average Bonchev–Trinajstić information content (AvgIpc) is 2.53. The maximum absolute atomic E-state index is 9.53. The lowest BCUT2D eigenvalue weighted by Crippen LogP contribution is -2.20. The quantitative estimate of drug-likeness (QED) is 0.675. The molecule has 13 heavy (non-hydrogen) atoms. The highest BCUT2D eigenvalue weighted by atomic mass is 16.3. The molecule has 3 nitrogen and oxygen atoms in total. The number of nitrogens with zero attached hydrogens (tertiary/aromatic N) is 1. The van der Waals surface area contributed by atoms with Gasteiger partial charge in [0.2, 0.25) is 0 Å². The molecule has 0 saturated carbocycles. The molecule has 1 aromatic rings. The monoisotopic (exact) mass is 179 g/mol. The van der Waals surface area contributed by atoms with Crippen LogP contribution in [0.25, 0.3) is 0 Å². The molecule has 1 unspecified atom stereocenters. The predicted molar refractivity (Wildman–Crippen MR) is 50.9 cm³/mol. The lowest BCUT2D eigenvalue weighted by atomic mass is 10.3. The van der Waals surface area contributed by atoms with E-state index in [0.29, 0.717) is 6.54 Å². The van der Waals surface area contributed by atoms with E-state index in [2.05, 4.69) is 0 Å². The molecule has 1 aliphatic heterocycles.